The summed E-state index contributed by atoms with van der Waals surface area (Å²) in [5.41, 5.74) is -0.371. The molecule has 5 rings (SSSR count). The van der Waals surface area contributed by atoms with Gasteiger partial charge in [-0.2, -0.15) is 13.2 Å². The van der Waals surface area contributed by atoms with Crippen LogP contribution < -0.4 is 10.1 Å². The quantitative estimate of drug-likeness (QED) is 0.824. The topological polar surface area (TPSA) is 57.4 Å². The van der Waals surface area contributed by atoms with Crippen molar-refractivity contribution in [3.05, 3.63) is 47.7 Å². The van der Waals surface area contributed by atoms with Crippen LogP contribution >= 0.6 is 0 Å². The van der Waals surface area contributed by atoms with Crippen LogP contribution in [-0.4, -0.2) is 41.0 Å². The first-order chi connectivity index (χ1) is 13.3. The first-order valence-corrected chi connectivity index (χ1v) is 9.38. The highest BCUT2D eigenvalue weighted by molar-refractivity contribution is 5.94. The Bertz CT molecular complexity index is 847. The number of amides is 1. The van der Waals surface area contributed by atoms with E-state index in [0.717, 1.165) is 32.0 Å². The van der Waals surface area contributed by atoms with Gasteiger partial charge in [-0.25, -0.2) is 0 Å². The largest absolute Gasteiger partial charge is 0.441 e. The lowest BCUT2D eigenvalue weighted by molar-refractivity contribution is -0.140. The molecule has 2 aromatic rings. The van der Waals surface area contributed by atoms with Crippen molar-refractivity contribution in [2.45, 2.75) is 38.0 Å². The van der Waals surface area contributed by atoms with E-state index < -0.39 is 11.9 Å². The fourth-order valence-electron chi connectivity index (χ4n) is 4.11. The van der Waals surface area contributed by atoms with Gasteiger partial charge < -0.3 is 15.0 Å². The molecular formula is C20H22F3N3O2. The third-order valence-corrected chi connectivity index (χ3v) is 5.68. The Kier molecular flexibility index (Phi) is 4.82. The Balaban J connectivity index is 1.36. The molecule has 0 radical (unpaired) electrons. The number of ether oxygens (including phenoxy) is 1. The zero-order valence-corrected chi connectivity index (χ0v) is 15.4. The molecule has 3 aliphatic heterocycles. The van der Waals surface area contributed by atoms with Crippen molar-refractivity contribution in [3.63, 3.8) is 0 Å². The van der Waals surface area contributed by atoms with Crippen molar-refractivity contribution >= 4 is 5.91 Å². The third kappa shape index (κ3) is 3.87. The second kappa shape index (κ2) is 7.16. The molecule has 0 spiro atoms. The minimum atomic E-state index is -4.45. The molecule has 4 heterocycles. The van der Waals surface area contributed by atoms with Crippen molar-refractivity contribution < 1.29 is 22.7 Å². The average Bonchev–Trinajstić information content (AvgIpc) is 3.12. The number of piperidine rings is 3. The van der Waals surface area contributed by atoms with Gasteiger partial charge in [-0.1, -0.05) is 0 Å². The zero-order valence-electron chi connectivity index (χ0n) is 15.4. The van der Waals surface area contributed by atoms with Gasteiger partial charge in [0.2, 0.25) is 0 Å². The van der Waals surface area contributed by atoms with Crippen molar-refractivity contribution in [2.75, 3.05) is 13.1 Å². The zero-order chi connectivity index (χ0) is 19.9. The molecule has 150 valence electrons. The predicted molar refractivity (Wildman–Crippen MR) is 97.3 cm³/mol. The molecule has 3 fully saturated rings. The molecule has 1 amide bonds. The average molecular weight is 393 g/mol. The summed E-state index contributed by atoms with van der Waals surface area (Å²) in [5, 5.41) is 3.12. The fraction of sp³-hybridized carbons (Fsp3) is 0.450. The molecule has 4 atom stereocenters. The van der Waals surface area contributed by atoms with Crippen LogP contribution in [0.5, 0.6) is 11.6 Å². The number of halogens is 3. The highest BCUT2D eigenvalue weighted by Gasteiger charge is 2.38. The van der Waals surface area contributed by atoms with Gasteiger partial charge in [0, 0.05) is 30.3 Å². The first kappa shape index (κ1) is 18.9. The number of carbonyl (C=O) groups is 1. The Labute approximate surface area is 160 Å². The molecule has 5 nitrogen and oxygen atoms in total. The summed E-state index contributed by atoms with van der Waals surface area (Å²) in [4.78, 5) is 17.1. The molecule has 3 saturated heterocycles. The first-order valence-electron chi connectivity index (χ1n) is 9.38. The summed E-state index contributed by atoms with van der Waals surface area (Å²) in [6, 6.07) is 9.25. The minimum Gasteiger partial charge on any atom is -0.441 e. The third-order valence-electron chi connectivity index (χ3n) is 5.68. The highest BCUT2D eigenvalue weighted by Crippen LogP contribution is 2.33. The van der Waals surface area contributed by atoms with Gasteiger partial charge in [-0.3, -0.25) is 9.69 Å². The molecule has 8 heteroatoms. The number of H-pyrrole nitrogens is 1. The Morgan fingerprint density at radius 1 is 1.21 bits per heavy atom. The van der Waals surface area contributed by atoms with Crippen molar-refractivity contribution in [1.82, 2.24) is 15.2 Å². The van der Waals surface area contributed by atoms with Gasteiger partial charge in [0.1, 0.15) is 11.4 Å². The van der Waals surface area contributed by atoms with E-state index in [1.807, 2.05) is 0 Å². The van der Waals surface area contributed by atoms with Crippen molar-refractivity contribution in [1.29, 1.82) is 0 Å². The van der Waals surface area contributed by atoms with Crippen LogP contribution in [0.2, 0.25) is 0 Å². The SMILES string of the molecule is CC1CC2CCN1CC2NC(=O)c1ccc(Oc2ccc(C(F)(F)F)[nH]2)cc1. The van der Waals surface area contributed by atoms with Gasteiger partial charge in [0.05, 0.1) is 0 Å². The number of aromatic nitrogens is 1. The van der Waals surface area contributed by atoms with E-state index in [0.29, 0.717) is 23.3 Å². The monoisotopic (exact) mass is 393 g/mol. The van der Waals surface area contributed by atoms with Crippen LogP contribution in [0, 0.1) is 5.92 Å². The number of carbonyl (C=O) groups excluding carboxylic acids is 1. The summed E-state index contributed by atoms with van der Waals surface area (Å²) < 4.78 is 43.2. The standard InChI is InChI=1S/C20H22F3N3O2/c1-12-10-14-8-9-26(12)11-16(14)24-19(27)13-2-4-15(5-3-13)28-18-7-6-17(25-18)20(21,22)23/h2-7,12,14,16,25H,8-11H2,1H3,(H,24,27). The van der Waals surface area contributed by atoms with Crippen molar-refractivity contribution in [3.8, 4) is 11.6 Å². The Morgan fingerprint density at radius 2 is 1.96 bits per heavy atom. The maximum absolute atomic E-state index is 12.6. The van der Waals surface area contributed by atoms with Gasteiger partial charge in [0.25, 0.3) is 5.91 Å². The van der Waals surface area contributed by atoms with E-state index in [-0.39, 0.29) is 17.8 Å². The molecule has 28 heavy (non-hydrogen) atoms. The van der Waals surface area contributed by atoms with Gasteiger partial charge in [-0.05, 0) is 62.6 Å². The number of nitrogens with zero attached hydrogens (tertiary/aromatic N) is 1. The number of aromatic amines is 1. The number of alkyl halides is 3. The molecule has 4 unspecified atom stereocenters. The fourth-order valence-corrected chi connectivity index (χ4v) is 4.11. The lowest BCUT2D eigenvalue weighted by atomic mass is 9.80. The Hall–Kier alpha value is -2.48. The lowest BCUT2D eigenvalue weighted by Gasteiger charge is -2.48. The van der Waals surface area contributed by atoms with Crippen LogP contribution in [0.1, 0.15) is 35.8 Å². The maximum Gasteiger partial charge on any atom is 0.431 e. The number of rotatable bonds is 4. The second-order valence-electron chi connectivity index (χ2n) is 7.57. The van der Waals surface area contributed by atoms with Crippen LogP contribution in [0.25, 0.3) is 0 Å². The summed E-state index contributed by atoms with van der Waals surface area (Å²) >= 11 is 0. The smallest absolute Gasteiger partial charge is 0.431 e. The molecule has 1 aromatic carbocycles. The van der Waals surface area contributed by atoms with E-state index >= 15 is 0 Å². The number of hydrogen-bond donors (Lipinski definition) is 2. The minimum absolute atomic E-state index is 0.00840. The molecule has 2 N–H and O–H groups in total. The van der Waals surface area contributed by atoms with E-state index in [4.69, 9.17) is 4.74 Å². The predicted octanol–water partition coefficient (Wildman–Crippen LogP) is 4.04. The normalized spacial score (nSPS) is 26.9. The van der Waals surface area contributed by atoms with E-state index in [9.17, 15) is 18.0 Å². The number of hydrogen-bond acceptors (Lipinski definition) is 3. The lowest BCUT2D eigenvalue weighted by Crippen LogP contribution is -2.60. The summed E-state index contributed by atoms with van der Waals surface area (Å²) in [6.45, 7) is 4.21. The van der Waals surface area contributed by atoms with Crippen LogP contribution in [0.15, 0.2) is 36.4 Å². The molecule has 1 aromatic heterocycles. The van der Waals surface area contributed by atoms with E-state index in [2.05, 4.69) is 22.1 Å². The number of fused-ring (bicyclic) bond motifs is 3. The second-order valence-corrected chi connectivity index (χ2v) is 7.57. The van der Waals surface area contributed by atoms with Crippen LogP contribution in [-0.2, 0) is 6.18 Å². The summed E-state index contributed by atoms with van der Waals surface area (Å²) in [5.74, 6) is 0.717. The Morgan fingerprint density at radius 3 is 2.54 bits per heavy atom. The van der Waals surface area contributed by atoms with Crippen molar-refractivity contribution in [2.24, 2.45) is 5.92 Å². The summed E-state index contributed by atoms with van der Waals surface area (Å²) in [6.07, 6.45) is -2.23. The van der Waals surface area contributed by atoms with E-state index in [1.54, 1.807) is 24.3 Å². The molecule has 0 aliphatic carbocycles. The van der Waals surface area contributed by atoms with Crippen LogP contribution in [0.4, 0.5) is 13.2 Å². The van der Waals surface area contributed by atoms with Gasteiger partial charge in [0.15, 0.2) is 5.88 Å². The maximum atomic E-state index is 12.6. The highest BCUT2D eigenvalue weighted by atomic mass is 19.4. The van der Waals surface area contributed by atoms with Gasteiger partial charge >= 0.3 is 6.18 Å². The molecular weight excluding hydrogens is 371 g/mol. The summed E-state index contributed by atoms with van der Waals surface area (Å²) in [7, 11) is 0. The number of benzene rings is 1. The molecule has 0 saturated carbocycles. The van der Waals surface area contributed by atoms with E-state index in [1.165, 1.54) is 6.07 Å². The van der Waals surface area contributed by atoms with Gasteiger partial charge in [-0.15, -0.1) is 0 Å². The van der Waals surface area contributed by atoms with Crippen LogP contribution in [0.3, 0.4) is 0 Å². The number of nitrogens with one attached hydrogen (secondary N) is 2. The molecule has 2 bridgehead atoms. The molecule has 3 aliphatic rings.